The van der Waals surface area contributed by atoms with Crippen LogP contribution in [0.2, 0.25) is 5.02 Å². The first-order chi connectivity index (χ1) is 9.58. The monoisotopic (exact) mass is 295 g/mol. The second kappa shape index (κ2) is 6.82. The molecule has 20 heavy (non-hydrogen) atoms. The Bertz CT molecular complexity index is 586. The van der Waals surface area contributed by atoms with Gasteiger partial charge in [0.15, 0.2) is 11.6 Å². The van der Waals surface area contributed by atoms with Crippen LogP contribution >= 0.6 is 11.6 Å². The van der Waals surface area contributed by atoms with Crippen molar-refractivity contribution in [2.24, 2.45) is 0 Å². The van der Waals surface area contributed by atoms with Gasteiger partial charge in [-0.2, -0.15) is 0 Å². The van der Waals surface area contributed by atoms with Crippen molar-refractivity contribution in [3.63, 3.8) is 0 Å². The molecule has 1 nitrogen and oxygen atoms in total. The van der Waals surface area contributed by atoms with Gasteiger partial charge in [0.1, 0.15) is 0 Å². The number of hydrogen-bond donors (Lipinski definition) is 1. The summed E-state index contributed by atoms with van der Waals surface area (Å²) in [5.74, 6) is -1.62. The smallest absolute Gasteiger partial charge is 0.159 e. The van der Waals surface area contributed by atoms with Crippen molar-refractivity contribution in [2.45, 2.75) is 18.9 Å². The molecule has 0 aromatic heterocycles. The molecule has 0 fully saturated rings. The number of halogens is 3. The summed E-state index contributed by atoms with van der Waals surface area (Å²) in [6, 6.07) is 11.8. The number of benzene rings is 2. The molecule has 4 heteroatoms. The Labute approximate surface area is 122 Å². The normalized spacial score (nSPS) is 12.4. The molecular weight excluding hydrogens is 280 g/mol. The van der Waals surface area contributed by atoms with Crippen LogP contribution in [0.25, 0.3) is 0 Å². The zero-order valence-corrected chi connectivity index (χ0v) is 11.9. The first-order valence-corrected chi connectivity index (χ1v) is 6.82. The maximum atomic E-state index is 13.2. The summed E-state index contributed by atoms with van der Waals surface area (Å²) in [6.45, 7) is 0. The van der Waals surface area contributed by atoms with Crippen LogP contribution < -0.4 is 5.32 Å². The Morgan fingerprint density at radius 3 is 2.30 bits per heavy atom. The van der Waals surface area contributed by atoms with Crippen molar-refractivity contribution in [2.75, 3.05) is 7.05 Å². The Morgan fingerprint density at radius 1 is 1.00 bits per heavy atom. The second-order valence-corrected chi connectivity index (χ2v) is 5.21. The standard InChI is InChI=1S/C16H16ClF2N/c1-20-14(8-11-3-2-4-13(17)7-11)9-12-5-6-15(18)16(19)10-12/h2-7,10,14,20H,8-9H2,1H3. The lowest BCUT2D eigenvalue weighted by Crippen LogP contribution is -2.30. The van der Waals surface area contributed by atoms with Gasteiger partial charge in [0.25, 0.3) is 0 Å². The third-order valence-electron chi connectivity index (χ3n) is 3.25. The van der Waals surface area contributed by atoms with Crippen molar-refractivity contribution in [3.8, 4) is 0 Å². The predicted molar refractivity (Wildman–Crippen MR) is 78.1 cm³/mol. The van der Waals surface area contributed by atoms with Gasteiger partial charge in [0.2, 0.25) is 0 Å². The Morgan fingerprint density at radius 2 is 1.70 bits per heavy atom. The molecule has 0 saturated heterocycles. The third kappa shape index (κ3) is 4.02. The van der Waals surface area contributed by atoms with E-state index in [0.29, 0.717) is 11.4 Å². The van der Waals surface area contributed by atoms with Crippen molar-refractivity contribution >= 4 is 11.6 Å². The number of likely N-dealkylation sites (N-methyl/N-ethyl adjacent to an activating group) is 1. The summed E-state index contributed by atoms with van der Waals surface area (Å²) in [6.07, 6.45) is 1.40. The highest BCUT2D eigenvalue weighted by Crippen LogP contribution is 2.15. The van der Waals surface area contributed by atoms with Crippen molar-refractivity contribution < 1.29 is 8.78 Å². The van der Waals surface area contributed by atoms with Crippen LogP contribution in [0.3, 0.4) is 0 Å². The number of nitrogens with one attached hydrogen (secondary N) is 1. The molecule has 2 aromatic carbocycles. The quantitative estimate of drug-likeness (QED) is 0.879. The van der Waals surface area contributed by atoms with Crippen LogP contribution in [-0.4, -0.2) is 13.1 Å². The van der Waals surface area contributed by atoms with E-state index in [0.717, 1.165) is 23.6 Å². The van der Waals surface area contributed by atoms with E-state index in [1.165, 1.54) is 6.07 Å². The summed E-state index contributed by atoms with van der Waals surface area (Å²) in [5, 5.41) is 3.89. The minimum Gasteiger partial charge on any atom is -0.316 e. The molecule has 0 amide bonds. The zero-order chi connectivity index (χ0) is 14.5. The average molecular weight is 296 g/mol. The molecule has 106 valence electrons. The molecule has 0 heterocycles. The molecule has 1 unspecified atom stereocenters. The van der Waals surface area contributed by atoms with Gasteiger partial charge < -0.3 is 5.32 Å². The topological polar surface area (TPSA) is 12.0 Å². The first-order valence-electron chi connectivity index (χ1n) is 6.44. The van der Waals surface area contributed by atoms with E-state index in [1.807, 2.05) is 31.3 Å². The fourth-order valence-electron chi connectivity index (χ4n) is 2.18. The fourth-order valence-corrected chi connectivity index (χ4v) is 2.39. The first kappa shape index (κ1) is 14.9. The molecule has 0 aliphatic rings. The van der Waals surface area contributed by atoms with E-state index in [4.69, 9.17) is 11.6 Å². The Balaban J connectivity index is 2.07. The summed E-state index contributed by atoms with van der Waals surface area (Å²) in [5.41, 5.74) is 1.88. The van der Waals surface area contributed by atoms with Crippen molar-refractivity contribution in [1.82, 2.24) is 5.32 Å². The predicted octanol–water partition coefficient (Wildman–Crippen LogP) is 3.99. The lowest BCUT2D eigenvalue weighted by Gasteiger charge is -2.16. The second-order valence-electron chi connectivity index (χ2n) is 4.77. The molecule has 2 aromatic rings. The summed E-state index contributed by atoms with van der Waals surface area (Å²) in [7, 11) is 1.86. The lowest BCUT2D eigenvalue weighted by molar-refractivity contribution is 0.503. The molecule has 0 spiro atoms. The van der Waals surface area contributed by atoms with Crippen LogP contribution in [0.5, 0.6) is 0 Å². The van der Waals surface area contributed by atoms with Gasteiger partial charge in [-0.25, -0.2) is 8.78 Å². The van der Waals surface area contributed by atoms with Crippen LogP contribution in [0, 0.1) is 11.6 Å². The van der Waals surface area contributed by atoms with Gasteiger partial charge in [-0.1, -0.05) is 29.8 Å². The SMILES string of the molecule is CNC(Cc1cccc(Cl)c1)Cc1ccc(F)c(F)c1. The van der Waals surface area contributed by atoms with Gasteiger partial charge in [-0.15, -0.1) is 0 Å². The Kier molecular flexibility index (Phi) is 5.10. The van der Waals surface area contributed by atoms with E-state index < -0.39 is 11.6 Å². The fraction of sp³-hybridized carbons (Fsp3) is 0.250. The largest absolute Gasteiger partial charge is 0.316 e. The van der Waals surface area contributed by atoms with E-state index in [2.05, 4.69) is 5.32 Å². The van der Waals surface area contributed by atoms with E-state index in [9.17, 15) is 8.78 Å². The molecule has 0 saturated carbocycles. The molecule has 0 aliphatic carbocycles. The number of rotatable bonds is 5. The molecule has 0 bridgehead atoms. The van der Waals surface area contributed by atoms with Gasteiger partial charge in [-0.3, -0.25) is 0 Å². The molecule has 0 aliphatic heterocycles. The third-order valence-corrected chi connectivity index (χ3v) is 3.48. The van der Waals surface area contributed by atoms with Crippen LogP contribution in [0.15, 0.2) is 42.5 Å². The molecule has 0 radical (unpaired) electrons. The van der Waals surface area contributed by atoms with Crippen LogP contribution in [0.4, 0.5) is 8.78 Å². The highest BCUT2D eigenvalue weighted by atomic mass is 35.5. The summed E-state index contributed by atoms with van der Waals surface area (Å²) >= 11 is 5.96. The maximum absolute atomic E-state index is 13.2. The van der Waals surface area contributed by atoms with Gasteiger partial charge in [0, 0.05) is 11.1 Å². The van der Waals surface area contributed by atoms with Gasteiger partial charge >= 0.3 is 0 Å². The van der Waals surface area contributed by atoms with Crippen LogP contribution in [-0.2, 0) is 12.8 Å². The van der Waals surface area contributed by atoms with Gasteiger partial charge in [0.05, 0.1) is 0 Å². The molecule has 1 N–H and O–H groups in total. The minimum absolute atomic E-state index is 0.137. The van der Waals surface area contributed by atoms with E-state index >= 15 is 0 Å². The summed E-state index contributed by atoms with van der Waals surface area (Å²) < 4.78 is 26.1. The average Bonchev–Trinajstić information content (AvgIpc) is 2.42. The van der Waals surface area contributed by atoms with Crippen molar-refractivity contribution in [1.29, 1.82) is 0 Å². The minimum atomic E-state index is -0.815. The highest BCUT2D eigenvalue weighted by molar-refractivity contribution is 6.30. The lowest BCUT2D eigenvalue weighted by atomic mass is 9.99. The van der Waals surface area contributed by atoms with E-state index in [-0.39, 0.29) is 6.04 Å². The van der Waals surface area contributed by atoms with Gasteiger partial charge in [-0.05, 0) is 55.3 Å². The molecule has 1 atom stereocenters. The van der Waals surface area contributed by atoms with E-state index in [1.54, 1.807) is 6.07 Å². The maximum Gasteiger partial charge on any atom is 0.159 e. The number of hydrogen-bond acceptors (Lipinski definition) is 1. The van der Waals surface area contributed by atoms with Crippen molar-refractivity contribution in [3.05, 3.63) is 70.2 Å². The Hall–Kier alpha value is -1.45. The highest BCUT2D eigenvalue weighted by Gasteiger charge is 2.10. The summed E-state index contributed by atoms with van der Waals surface area (Å²) in [4.78, 5) is 0. The van der Waals surface area contributed by atoms with Crippen LogP contribution in [0.1, 0.15) is 11.1 Å². The zero-order valence-electron chi connectivity index (χ0n) is 11.2. The molecular formula is C16H16ClF2N. The molecule has 2 rings (SSSR count).